The highest BCUT2D eigenvalue weighted by Gasteiger charge is 2.48. The number of carbonyl (C=O) groups is 2. The Morgan fingerprint density at radius 1 is 1.13 bits per heavy atom. The molecule has 0 saturated carbocycles. The Bertz CT molecular complexity index is 668. The fourth-order valence-corrected chi connectivity index (χ4v) is 5.08. The highest BCUT2D eigenvalue weighted by Crippen LogP contribution is 2.24. The quantitative estimate of drug-likeness (QED) is 0.311. The minimum Gasteiger partial charge on any atom is -0.453 e. The van der Waals surface area contributed by atoms with Crippen molar-refractivity contribution in [2.45, 2.75) is 36.8 Å². The number of nitrogens with two attached hydrogens (primary N) is 1. The molecule has 4 aliphatic heterocycles. The molecule has 11 nitrogen and oxygen atoms in total. The average molecular weight is 447 g/mol. The lowest BCUT2D eigenvalue weighted by molar-refractivity contribution is -0.128. The van der Waals surface area contributed by atoms with Crippen molar-refractivity contribution in [1.82, 2.24) is 36.2 Å². The van der Waals surface area contributed by atoms with Crippen molar-refractivity contribution in [1.29, 1.82) is 0 Å². The molecule has 0 aromatic rings. The first-order chi connectivity index (χ1) is 14.9. The normalized spacial score (nSPS) is 39.7. The second-order valence-electron chi connectivity index (χ2n) is 8.56. The molecular formula is C18H32F2N8O3. The molecule has 4 heterocycles. The summed E-state index contributed by atoms with van der Waals surface area (Å²) in [5, 5.41) is 10.7. The van der Waals surface area contributed by atoms with Crippen LogP contribution in [0.4, 0.5) is 13.6 Å². The lowest BCUT2D eigenvalue weighted by Gasteiger charge is -2.45. The van der Waals surface area contributed by atoms with E-state index >= 15 is 0 Å². The summed E-state index contributed by atoms with van der Waals surface area (Å²) < 4.78 is 33.4. The zero-order valence-electron chi connectivity index (χ0n) is 17.6. The van der Waals surface area contributed by atoms with Gasteiger partial charge in [0.1, 0.15) is 12.3 Å². The zero-order chi connectivity index (χ0) is 22.1. The summed E-state index contributed by atoms with van der Waals surface area (Å²) in [6, 6.07) is -0.971. The van der Waals surface area contributed by atoms with Gasteiger partial charge >= 0.3 is 6.09 Å². The number of alkyl halides is 2. The lowest BCUT2D eigenvalue weighted by atomic mass is 9.94. The number of amides is 2. The number of nitrogens with one attached hydrogen (secondary N) is 4. The van der Waals surface area contributed by atoms with Crippen molar-refractivity contribution in [3.63, 3.8) is 0 Å². The predicted octanol–water partition coefficient (Wildman–Crippen LogP) is -2.85. The van der Waals surface area contributed by atoms with Crippen molar-refractivity contribution in [2.24, 2.45) is 11.7 Å². The Morgan fingerprint density at radius 2 is 1.87 bits per heavy atom. The van der Waals surface area contributed by atoms with Crippen LogP contribution in [0.25, 0.3) is 0 Å². The number of methoxy groups -OCH3 is 1. The standard InChI is InChI=1S/C18H32F2N8O3/c1-31-18(30)27-4-2-26(3-5-27)14-11(20)7-22-8-12(14)24-17(29)13-15(21)25-28-9-10(19)6-23-16(13)28/h10-16,22-23,25H,2-9,21H2,1H3,(H,24,29). The minimum absolute atomic E-state index is 0.153. The molecule has 7 atom stereocenters. The monoisotopic (exact) mass is 446 g/mol. The highest BCUT2D eigenvalue weighted by atomic mass is 19.1. The predicted molar refractivity (Wildman–Crippen MR) is 107 cm³/mol. The number of halogens is 2. The summed E-state index contributed by atoms with van der Waals surface area (Å²) in [6.07, 6.45) is -3.69. The van der Waals surface area contributed by atoms with Crippen LogP contribution in [0, 0.1) is 5.92 Å². The molecule has 4 saturated heterocycles. The first kappa shape index (κ1) is 22.6. The van der Waals surface area contributed by atoms with E-state index in [1.165, 1.54) is 7.11 Å². The Kier molecular flexibility index (Phi) is 6.89. The van der Waals surface area contributed by atoms with Gasteiger partial charge in [-0.2, -0.15) is 0 Å². The molecule has 4 fully saturated rings. The van der Waals surface area contributed by atoms with Crippen LogP contribution in [0.3, 0.4) is 0 Å². The number of hydrazine groups is 1. The second kappa shape index (κ2) is 9.46. The van der Waals surface area contributed by atoms with Crippen molar-refractivity contribution >= 4 is 12.0 Å². The molecule has 4 rings (SSSR count). The summed E-state index contributed by atoms with van der Waals surface area (Å²) in [4.78, 5) is 28.5. The van der Waals surface area contributed by atoms with E-state index in [-0.39, 0.29) is 25.5 Å². The molecule has 31 heavy (non-hydrogen) atoms. The van der Waals surface area contributed by atoms with Crippen molar-refractivity contribution in [3.05, 3.63) is 0 Å². The average Bonchev–Trinajstić information content (AvgIpc) is 3.08. The smallest absolute Gasteiger partial charge is 0.409 e. The van der Waals surface area contributed by atoms with E-state index in [2.05, 4.69) is 21.4 Å². The van der Waals surface area contributed by atoms with Gasteiger partial charge in [-0.25, -0.2) is 24.0 Å². The van der Waals surface area contributed by atoms with Crippen LogP contribution in [-0.4, -0.2) is 123 Å². The molecule has 0 aliphatic carbocycles. The number of carbonyl (C=O) groups excluding carboxylic acids is 2. The van der Waals surface area contributed by atoms with Gasteiger partial charge < -0.3 is 26.0 Å². The van der Waals surface area contributed by atoms with Gasteiger partial charge in [-0.15, -0.1) is 0 Å². The number of rotatable bonds is 3. The number of piperazine rings is 1. The molecule has 0 spiro atoms. The van der Waals surface area contributed by atoms with Gasteiger partial charge in [-0.05, 0) is 0 Å². The van der Waals surface area contributed by atoms with E-state index < -0.39 is 48.8 Å². The number of hydrogen-bond donors (Lipinski definition) is 5. The Balaban J connectivity index is 1.40. The van der Waals surface area contributed by atoms with Gasteiger partial charge in [0.05, 0.1) is 37.4 Å². The van der Waals surface area contributed by atoms with Crippen molar-refractivity contribution < 1.29 is 23.1 Å². The maximum atomic E-state index is 15.0. The van der Waals surface area contributed by atoms with Gasteiger partial charge in [0.25, 0.3) is 0 Å². The zero-order valence-corrected chi connectivity index (χ0v) is 17.6. The largest absolute Gasteiger partial charge is 0.453 e. The van der Waals surface area contributed by atoms with Crippen molar-refractivity contribution in [2.75, 3.05) is 59.5 Å². The third-order valence-electron chi connectivity index (χ3n) is 6.61. The van der Waals surface area contributed by atoms with Crippen LogP contribution in [-0.2, 0) is 9.53 Å². The Morgan fingerprint density at radius 3 is 2.58 bits per heavy atom. The van der Waals surface area contributed by atoms with Gasteiger partial charge in [0.2, 0.25) is 5.91 Å². The summed E-state index contributed by atoms with van der Waals surface area (Å²) >= 11 is 0. The van der Waals surface area contributed by atoms with Gasteiger partial charge in [0, 0.05) is 52.4 Å². The molecule has 13 heteroatoms. The number of fused-ring (bicyclic) bond motifs is 1. The molecule has 2 amide bonds. The van der Waals surface area contributed by atoms with E-state index in [4.69, 9.17) is 10.5 Å². The molecule has 7 unspecified atom stereocenters. The van der Waals surface area contributed by atoms with E-state index in [9.17, 15) is 18.4 Å². The summed E-state index contributed by atoms with van der Waals surface area (Å²) in [5.41, 5.74) is 9.08. The van der Waals surface area contributed by atoms with Crippen LogP contribution in [0.1, 0.15) is 0 Å². The Labute approximate surface area is 179 Å². The number of nitrogens with zero attached hydrogens (tertiary/aromatic N) is 3. The van der Waals surface area contributed by atoms with E-state index in [0.29, 0.717) is 32.7 Å². The molecule has 176 valence electrons. The third kappa shape index (κ3) is 4.61. The molecule has 0 aromatic heterocycles. The highest BCUT2D eigenvalue weighted by molar-refractivity contribution is 5.81. The maximum Gasteiger partial charge on any atom is 0.409 e. The molecule has 4 aliphatic rings. The van der Waals surface area contributed by atoms with Crippen LogP contribution in [0.15, 0.2) is 0 Å². The fourth-order valence-electron chi connectivity index (χ4n) is 5.08. The van der Waals surface area contributed by atoms with E-state index in [0.717, 1.165) is 0 Å². The van der Waals surface area contributed by atoms with E-state index in [1.807, 2.05) is 4.90 Å². The van der Waals surface area contributed by atoms with Gasteiger partial charge in [0.15, 0.2) is 0 Å². The Hall–Kier alpha value is -1.64. The molecule has 6 N–H and O–H groups in total. The first-order valence-corrected chi connectivity index (χ1v) is 10.8. The second-order valence-corrected chi connectivity index (χ2v) is 8.56. The molecular weight excluding hydrogens is 414 g/mol. The van der Waals surface area contributed by atoms with Gasteiger partial charge in [-0.3, -0.25) is 15.0 Å². The molecule has 0 radical (unpaired) electrons. The van der Waals surface area contributed by atoms with Crippen molar-refractivity contribution in [3.8, 4) is 0 Å². The molecule has 0 bridgehead atoms. The third-order valence-corrected chi connectivity index (χ3v) is 6.61. The SMILES string of the molecule is COC(=O)N1CCN(C2C(F)CNCC2NC(=O)C2C(N)NN3CC(F)CNC23)CC1. The summed E-state index contributed by atoms with van der Waals surface area (Å²) in [6.45, 7) is 2.80. The minimum atomic E-state index is -1.17. The fraction of sp³-hybridized carbons (Fsp3) is 0.889. The van der Waals surface area contributed by atoms with Crippen LogP contribution >= 0.6 is 0 Å². The number of hydrogen-bond acceptors (Lipinski definition) is 9. The maximum absolute atomic E-state index is 15.0. The number of ether oxygens (including phenoxy) is 1. The first-order valence-electron chi connectivity index (χ1n) is 10.8. The molecule has 0 aromatic carbocycles. The van der Waals surface area contributed by atoms with Crippen LogP contribution in [0.2, 0.25) is 0 Å². The lowest BCUT2D eigenvalue weighted by Crippen LogP contribution is -2.68. The van der Waals surface area contributed by atoms with Gasteiger partial charge in [-0.1, -0.05) is 0 Å². The summed E-state index contributed by atoms with van der Waals surface area (Å²) in [5.74, 6) is -0.930. The van der Waals surface area contributed by atoms with E-state index in [1.54, 1.807) is 9.91 Å². The summed E-state index contributed by atoms with van der Waals surface area (Å²) in [7, 11) is 1.34. The van der Waals surface area contributed by atoms with Crippen LogP contribution in [0.5, 0.6) is 0 Å². The number of piperidine rings is 1. The topological polar surface area (TPSA) is 127 Å². The van der Waals surface area contributed by atoms with Crippen LogP contribution < -0.4 is 27.1 Å².